The van der Waals surface area contributed by atoms with Gasteiger partial charge in [0.15, 0.2) is 0 Å². The zero-order valence-electron chi connectivity index (χ0n) is 42.7. The number of hydrogen-bond donors (Lipinski definition) is 0. The Morgan fingerprint density at radius 3 is 1.11 bits per heavy atom. The average molecular weight is 997 g/mol. The fraction of sp³-hybridized carbons (Fsp3) is 0.118. The first kappa shape index (κ1) is 46.1. The molecule has 13 aromatic rings. The largest absolute Gasteiger partial charge is 0.456 e. The van der Waals surface area contributed by atoms with Crippen LogP contribution in [0, 0.1) is 0 Å². The van der Waals surface area contributed by atoms with Gasteiger partial charge in [-0.25, -0.2) is 0 Å². The zero-order chi connectivity index (χ0) is 51.2. The molecule has 3 aromatic heterocycles. The molecule has 7 heteroatoms. The van der Waals surface area contributed by atoms with Crippen molar-refractivity contribution in [3.8, 4) is 0 Å². The minimum Gasteiger partial charge on any atom is -0.456 e. The van der Waals surface area contributed by atoms with Crippen LogP contribution in [0.25, 0.3) is 65.8 Å². The molecular formula is C68H54ClN3O3. The van der Waals surface area contributed by atoms with E-state index in [2.05, 4.69) is 238 Å². The predicted octanol–water partition coefficient (Wildman–Crippen LogP) is 21.0. The van der Waals surface area contributed by atoms with Crippen molar-refractivity contribution < 1.29 is 13.3 Å². The summed E-state index contributed by atoms with van der Waals surface area (Å²) in [5.74, 6) is 0. The Morgan fingerprint density at radius 1 is 0.280 bits per heavy atom. The second-order valence-electron chi connectivity index (χ2n) is 21.6. The summed E-state index contributed by atoms with van der Waals surface area (Å²) in [5, 5.41) is 6.94. The lowest BCUT2D eigenvalue weighted by atomic mass is 9.87. The fourth-order valence-electron chi connectivity index (χ4n) is 10.7. The monoisotopic (exact) mass is 995 g/mol. The quantitative estimate of drug-likeness (QED) is 0.144. The van der Waals surface area contributed by atoms with Gasteiger partial charge in [0, 0.05) is 78.2 Å². The van der Waals surface area contributed by atoms with Crippen LogP contribution >= 0.6 is 11.6 Å². The molecule has 0 atom stereocenters. The van der Waals surface area contributed by atoms with E-state index in [1.54, 1.807) is 0 Å². The van der Waals surface area contributed by atoms with E-state index in [9.17, 15) is 0 Å². The highest BCUT2D eigenvalue weighted by molar-refractivity contribution is 6.36. The molecule has 3 heterocycles. The van der Waals surface area contributed by atoms with E-state index in [1.165, 1.54) is 11.1 Å². The molecular weight excluding hydrogens is 942 g/mol. The van der Waals surface area contributed by atoms with Gasteiger partial charge in [-0.3, -0.25) is 0 Å². The van der Waals surface area contributed by atoms with Crippen LogP contribution in [0.3, 0.4) is 0 Å². The molecule has 13 rings (SSSR count). The van der Waals surface area contributed by atoms with Crippen LogP contribution in [0.15, 0.2) is 232 Å². The Kier molecular flexibility index (Phi) is 10.9. The standard InChI is InChI=1S/C68H54ClN3O3/c1-67(2,3)43-25-29-45(30-26-43)71(58-20-14-21-59(66(58)69)72(46-31-27-44(28-32-46)68(4,5)6)51-33-36-55-52-17-7-10-22-60(52)75-65(55)42-51)48-16-13-15-47(39-48)70(49-34-37-63-56(40-49)53-18-8-11-23-61(53)73-63)50-35-38-64-57(41-50)54-19-9-12-24-62(54)74-64/h7-42H,1-6H3. The van der Waals surface area contributed by atoms with Crippen molar-refractivity contribution in [1.82, 2.24) is 0 Å². The maximum absolute atomic E-state index is 8.03. The minimum absolute atomic E-state index is 0.0258. The molecule has 0 aliphatic heterocycles. The molecule has 0 saturated heterocycles. The van der Waals surface area contributed by atoms with Crippen LogP contribution in [0.4, 0.5) is 51.2 Å². The first-order chi connectivity index (χ1) is 36.3. The Balaban J connectivity index is 1.00. The molecule has 10 aromatic carbocycles. The number of rotatable bonds is 9. The van der Waals surface area contributed by atoms with Crippen LogP contribution in [-0.2, 0) is 10.8 Å². The van der Waals surface area contributed by atoms with Crippen LogP contribution in [0.1, 0.15) is 52.7 Å². The van der Waals surface area contributed by atoms with Crippen LogP contribution in [0.5, 0.6) is 0 Å². The summed E-state index contributed by atoms with van der Waals surface area (Å²) in [4.78, 5) is 6.85. The van der Waals surface area contributed by atoms with Gasteiger partial charge in [0.25, 0.3) is 0 Å². The summed E-state index contributed by atoms with van der Waals surface area (Å²) in [6.07, 6.45) is 0. The molecule has 75 heavy (non-hydrogen) atoms. The van der Waals surface area contributed by atoms with Crippen molar-refractivity contribution >= 4 is 129 Å². The molecule has 0 radical (unpaired) electrons. The molecule has 0 bridgehead atoms. The van der Waals surface area contributed by atoms with Crippen molar-refractivity contribution in [3.05, 3.63) is 235 Å². The number of nitrogens with zero attached hydrogens (tertiary/aromatic N) is 3. The molecule has 0 aliphatic carbocycles. The number of benzene rings is 10. The number of fused-ring (bicyclic) bond motifs is 9. The van der Waals surface area contributed by atoms with Crippen LogP contribution < -0.4 is 14.7 Å². The van der Waals surface area contributed by atoms with Gasteiger partial charge >= 0.3 is 0 Å². The van der Waals surface area contributed by atoms with Crippen LogP contribution in [-0.4, -0.2) is 0 Å². The molecule has 366 valence electrons. The number of anilines is 9. The molecule has 0 spiro atoms. The van der Waals surface area contributed by atoms with Crippen molar-refractivity contribution in [3.63, 3.8) is 0 Å². The van der Waals surface area contributed by atoms with Crippen molar-refractivity contribution in [1.29, 1.82) is 0 Å². The third kappa shape index (κ3) is 8.14. The van der Waals surface area contributed by atoms with Crippen molar-refractivity contribution in [2.75, 3.05) is 14.7 Å². The Labute approximate surface area is 441 Å². The molecule has 6 nitrogen and oxygen atoms in total. The lowest BCUT2D eigenvalue weighted by molar-refractivity contribution is 0.590. The molecule has 0 unspecified atom stereocenters. The fourth-order valence-corrected chi connectivity index (χ4v) is 11.0. The summed E-state index contributed by atoms with van der Waals surface area (Å²) >= 11 is 8.03. The van der Waals surface area contributed by atoms with Crippen molar-refractivity contribution in [2.24, 2.45) is 0 Å². The summed E-state index contributed by atoms with van der Waals surface area (Å²) in [7, 11) is 0. The SMILES string of the molecule is CC(C)(C)c1ccc(N(c2cccc(N(c3ccc4oc5ccccc5c4c3)c3ccc4oc5ccccc5c4c3)c2)c2cccc(N(c3ccc(C(C)(C)C)cc3)c3ccc4c(c3)oc3ccccc34)c2Cl)cc1. The highest BCUT2D eigenvalue weighted by Crippen LogP contribution is 2.50. The summed E-state index contributed by atoms with van der Waals surface area (Å²) in [6, 6.07) is 76.8. The number of furan rings is 3. The van der Waals surface area contributed by atoms with Gasteiger partial charge in [0.1, 0.15) is 33.5 Å². The topological polar surface area (TPSA) is 49.1 Å². The van der Waals surface area contributed by atoms with E-state index >= 15 is 0 Å². The van der Waals surface area contributed by atoms with Gasteiger partial charge in [-0.2, -0.15) is 0 Å². The second kappa shape index (κ2) is 17.8. The van der Waals surface area contributed by atoms with Gasteiger partial charge < -0.3 is 28.0 Å². The van der Waals surface area contributed by atoms with E-state index in [1.807, 2.05) is 36.4 Å². The first-order valence-electron chi connectivity index (χ1n) is 25.6. The smallest absolute Gasteiger partial charge is 0.137 e. The van der Waals surface area contributed by atoms with Gasteiger partial charge in [-0.15, -0.1) is 0 Å². The lowest BCUT2D eigenvalue weighted by Crippen LogP contribution is -2.16. The van der Waals surface area contributed by atoms with E-state index < -0.39 is 0 Å². The van der Waals surface area contributed by atoms with E-state index in [0.29, 0.717) is 5.02 Å². The first-order valence-corrected chi connectivity index (χ1v) is 26.0. The summed E-state index contributed by atoms with van der Waals surface area (Å²) in [5.41, 5.74) is 15.8. The zero-order valence-corrected chi connectivity index (χ0v) is 43.5. The second-order valence-corrected chi connectivity index (χ2v) is 21.9. The van der Waals surface area contributed by atoms with E-state index in [4.69, 9.17) is 24.9 Å². The molecule has 0 amide bonds. The lowest BCUT2D eigenvalue weighted by Gasteiger charge is -2.32. The summed E-state index contributed by atoms with van der Waals surface area (Å²) < 4.78 is 19.2. The Hall–Kier alpha value is -8.71. The molecule has 0 fully saturated rings. The maximum atomic E-state index is 8.03. The third-order valence-corrected chi connectivity index (χ3v) is 15.0. The Bertz CT molecular complexity index is 4190. The Morgan fingerprint density at radius 2 is 0.627 bits per heavy atom. The maximum Gasteiger partial charge on any atom is 0.137 e. The number of hydrogen-bond acceptors (Lipinski definition) is 6. The molecule has 0 aliphatic rings. The highest BCUT2D eigenvalue weighted by Gasteiger charge is 2.26. The van der Waals surface area contributed by atoms with Gasteiger partial charge in [0.05, 0.1) is 16.4 Å². The van der Waals surface area contributed by atoms with E-state index in [-0.39, 0.29) is 10.8 Å². The summed E-state index contributed by atoms with van der Waals surface area (Å²) in [6.45, 7) is 13.5. The third-order valence-electron chi connectivity index (χ3n) is 14.6. The van der Waals surface area contributed by atoms with E-state index in [0.717, 1.165) is 117 Å². The van der Waals surface area contributed by atoms with Crippen molar-refractivity contribution in [2.45, 2.75) is 52.4 Å². The average Bonchev–Trinajstić information content (AvgIpc) is 4.11. The number of para-hydroxylation sites is 3. The van der Waals surface area contributed by atoms with Gasteiger partial charge in [-0.1, -0.05) is 144 Å². The normalized spacial score (nSPS) is 12.2. The minimum atomic E-state index is -0.0475. The highest BCUT2D eigenvalue weighted by atomic mass is 35.5. The van der Waals surface area contributed by atoms with Gasteiger partial charge in [0.2, 0.25) is 0 Å². The molecule has 0 N–H and O–H groups in total. The predicted molar refractivity (Wildman–Crippen MR) is 315 cm³/mol. The van der Waals surface area contributed by atoms with Gasteiger partial charge in [-0.05, 0) is 143 Å². The molecule has 0 saturated carbocycles. The number of halogens is 1. The van der Waals surface area contributed by atoms with Crippen LogP contribution in [0.2, 0.25) is 5.02 Å².